The maximum atomic E-state index is 13.9. The number of rotatable bonds is 7. The fourth-order valence-electron chi connectivity index (χ4n) is 5.64. The predicted molar refractivity (Wildman–Crippen MR) is 157 cm³/mol. The minimum Gasteiger partial charge on any atom is -0.347 e. The molecular formula is C33H35N5O. The van der Waals surface area contributed by atoms with Crippen molar-refractivity contribution >= 4 is 16.7 Å². The lowest BCUT2D eigenvalue weighted by Crippen LogP contribution is -2.47. The third-order valence-corrected chi connectivity index (χ3v) is 7.93. The Hall–Kier alpha value is -4.16. The number of hydrogen-bond acceptors (Lipinski definition) is 3. The van der Waals surface area contributed by atoms with Gasteiger partial charge in [0.15, 0.2) is 0 Å². The van der Waals surface area contributed by atoms with Gasteiger partial charge in [-0.3, -0.25) is 4.79 Å². The van der Waals surface area contributed by atoms with Crippen molar-refractivity contribution in [1.29, 1.82) is 0 Å². The van der Waals surface area contributed by atoms with Crippen molar-refractivity contribution in [3.05, 3.63) is 114 Å². The molecule has 0 unspecified atom stereocenters. The van der Waals surface area contributed by atoms with Crippen molar-refractivity contribution in [2.24, 2.45) is 0 Å². The molecular weight excluding hydrogens is 482 g/mol. The number of hydrogen-bond donors (Lipinski definition) is 0. The zero-order valence-corrected chi connectivity index (χ0v) is 22.8. The molecule has 198 valence electrons. The minimum absolute atomic E-state index is 0.110. The molecule has 1 fully saturated rings. The summed E-state index contributed by atoms with van der Waals surface area (Å²) in [6.45, 7) is 6.89. The van der Waals surface area contributed by atoms with E-state index in [1.165, 1.54) is 10.9 Å². The van der Waals surface area contributed by atoms with Gasteiger partial charge in [-0.25, -0.2) is 4.98 Å². The summed E-state index contributed by atoms with van der Waals surface area (Å²) in [5.41, 5.74) is 5.31. The molecule has 6 heteroatoms. The molecule has 1 amide bonds. The molecule has 0 atom stereocenters. The van der Waals surface area contributed by atoms with Crippen LogP contribution in [-0.4, -0.2) is 63.1 Å². The summed E-state index contributed by atoms with van der Waals surface area (Å²) in [7, 11) is 2.11. The van der Waals surface area contributed by atoms with Crippen LogP contribution in [0.1, 0.15) is 27.4 Å². The first-order valence-electron chi connectivity index (χ1n) is 13.8. The quantitative estimate of drug-likeness (QED) is 0.287. The normalized spacial score (nSPS) is 14.3. The summed E-state index contributed by atoms with van der Waals surface area (Å²) in [5, 5.41) is 2.34. The van der Waals surface area contributed by atoms with E-state index in [1.807, 2.05) is 17.3 Å². The highest BCUT2D eigenvalue weighted by molar-refractivity contribution is 6.06. The first-order chi connectivity index (χ1) is 19.1. The molecule has 1 aliphatic rings. The van der Waals surface area contributed by atoms with Crippen molar-refractivity contribution in [1.82, 2.24) is 23.9 Å². The van der Waals surface area contributed by atoms with Crippen LogP contribution in [0.5, 0.6) is 0 Å². The van der Waals surface area contributed by atoms with E-state index in [-0.39, 0.29) is 5.91 Å². The molecule has 0 spiro atoms. The zero-order valence-electron chi connectivity index (χ0n) is 22.8. The van der Waals surface area contributed by atoms with Gasteiger partial charge in [0.2, 0.25) is 0 Å². The van der Waals surface area contributed by atoms with Crippen molar-refractivity contribution in [3.63, 3.8) is 0 Å². The number of carbonyl (C=O) groups is 1. The molecule has 6 rings (SSSR count). The third-order valence-electron chi connectivity index (χ3n) is 7.93. The molecule has 0 radical (unpaired) electrons. The Balaban J connectivity index is 1.35. The Bertz CT molecular complexity index is 1590. The highest BCUT2D eigenvalue weighted by atomic mass is 16.2. The number of aromatic nitrogens is 3. The summed E-state index contributed by atoms with van der Waals surface area (Å²) in [5.74, 6) is 1.12. The van der Waals surface area contributed by atoms with Crippen LogP contribution in [0.15, 0.2) is 91.4 Å². The number of piperazine rings is 1. The summed E-state index contributed by atoms with van der Waals surface area (Å²) in [4.78, 5) is 22.8. The van der Waals surface area contributed by atoms with Gasteiger partial charge in [-0.2, -0.15) is 0 Å². The fraction of sp³-hybridized carbons (Fsp3) is 0.273. The number of benzene rings is 3. The molecule has 1 saturated heterocycles. The van der Waals surface area contributed by atoms with Gasteiger partial charge in [0.1, 0.15) is 5.82 Å². The van der Waals surface area contributed by atoms with Crippen molar-refractivity contribution in [3.8, 4) is 11.1 Å². The number of fused-ring (bicyclic) bond motifs is 1. The van der Waals surface area contributed by atoms with Gasteiger partial charge < -0.3 is 18.9 Å². The van der Waals surface area contributed by atoms with Crippen LogP contribution < -0.4 is 0 Å². The monoisotopic (exact) mass is 517 g/mol. The predicted octanol–water partition coefficient (Wildman–Crippen LogP) is 5.49. The lowest BCUT2D eigenvalue weighted by molar-refractivity contribution is 0.0665. The molecule has 0 bridgehead atoms. The average molecular weight is 518 g/mol. The van der Waals surface area contributed by atoms with Gasteiger partial charge in [0.05, 0.1) is 24.0 Å². The molecule has 0 saturated carbocycles. The molecule has 3 aromatic carbocycles. The molecule has 3 heterocycles. The Kier molecular flexibility index (Phi) is 7.03. The Labute approximate surface area is 230 Å². The second kappa shape index (κ2) is 10.9. The average Bonchev–Trinajstić information content (AvgIpc) is 3.55. The lowest BCUT2D eigenvalue weighted by atomic mass is 9.97. The highest BCUT2D eigenvalue weighted by Gasteiger charge is 2.25. The van der Waals surface area contributed by atoms with E-state index in [4.69, 9.17) is 0 Å². The van der Waals surface area contributed by atoms with Crippen LogP contribution in [0.4, 0.5) is 0 Å². The second-order valence-corrected chi connectivity index (χ2v) is 10.6. The highest BCUT2D eigenvalue weighted by Crippen LogP contribution is 2.33. The number of aryl methyl sites for hydroxylation is 2. The van der Waals surface area contributed by atoms with E-state index in [1.54, 1.807) is 0 Å². The van der Waals surface area contributed by atoms with E-state index < -0.39 is 0 Å². The van der Waals surface area contributed by atoms with Gasteiger partial charge in [-0.15, -0.1) is 0 Å². The number of imidazole rings is 1. The molecule has 2 aromatic heterocycles. The molecule has 0 N–H and O–H groups in total. The second-order valence-electron chi connectivity index (χ2n) is 10.6. The summed E-state index contributed by atoms with van der Waals surface area (Å²) < 4.78 is 4.46. The fourth-order valence-corrected chi connectivity index (χ4v) is 5.64. The van der Waals surface area contributed by atoms with E-state index in [9.17, 15) is 4.79 Å². The van der Waals surface area contributed by atoms with Crippen LogP contribution in [0.3, 0.4) is 0 Å². The van der Waals surface area contributed by atoms with Crippen molar-refractivity contribution < 1.29 is 4.79 Å². The number of likely N-dealkylation sites (N-methyl/N-ethyl adjacent to an activating group) is 1. The van der Waals surface area contributed by atoms with Crippen molar-refractivity contribution in [2.45, 2.75) is 26.4 Å². The topological polar surface area (TPSA) is 46.3 Å². The first kappa shape index (κ1) is 25.1. The van der Waals surface area contributed by atoms with E-state index in [0.29, 0.717) is 6.54 Å². The van der Waals surface area contributed by atoms with Crippen LogP contribution in [0.25, 0.3) is 21.9 Å². The number of amides is 1. The van der Waals surface area contributed by atoms with Crippen molar-refractivity contribution in [2.75, 3.05) is 33.2 Å². The summed E-state index contributed by atoms with van der Waals surface area (Å²) >= 11 is 0. The maximum Gasteiger partial charge on any atom is 0.256 e. The van der Waals surface area contributed by atoms with Gasteiger partial charge >= 0.3 is 0 Å². The van der Waals surface area contributed by atoms with Gasteiger partial charge in [-0.05, 0) is 42.3 Å². The number of carbonyl (C=O) groups excluding carboxylic acids is 1. The van der Waals surface area contributed by atoms with Crippen LogP contribution in [0.2, 0.25) is 0 Å². The minimum atomic E-state index is 0.110. The lowest BCUT2D eigenvalue weighted by Gasteiger charge is -2.32. The maximum absolute atomic E-state index is 13.9. The Morgan fingerprint density at radius 3 is 2.41 bits per heavy atom. The summed E-state index contributed by atoms with van der Waals surface area (Å²) in [6.07, 6.45) is 7.11. The third kappa shape index (κ3) is 5.25. The molecule has 6 nitrogen and oxygen atoms in total. The van der Waals surface area contributed by atoms with Crippen LogP contribution in [0, 0.1) is 6.92 Å². The van der Waals surface area contributed by atoms with Gasteiger partial charge in [-0.1, -0.05) is 72.8 Å². The van der Waals surface area contributed by atoms with Crippen LogP contribution >= 0.6 is 0 Å². The largest absolute Gasteiger partial charge is 0.347 e. The Morgan fingerprint density at radius 1 is 0.846 bits per heavy atom. The standard InChI is InChI=1S/C33H35N5O/c1-25-34-21-28(38(25)16-15-26-9-4-3-5-10-26)22-36-23-31(30-14-8-12-27-11-6-7-13-29(27)30)32(24-36)33(39)37-19-17-35(2)18-20-37/h3-14,21,23-24H,15-20,22H2,1-2H3. The van der Waals surface area contributed by atoms with Gasteiger partial charge in [0, 0.05) is 50.7 Å². The van der Waals surface area contributed by atoms with Gasteiger partial charge in [0.25, 0.3) is 5.91 Å². The molecule has 1 aliphatic heterocycles. The summed E-state index contributed by atoms with van der Waals surface area (Å²) in [6, 6.07) is 25.3. The van der Waals surface area contributed by atoms with E-state index >= 15 is 0 Å². The molecule has 39 heavy (non-hydrogen) atoms. The molecule has 0 aliphatic carbocycles. The first-order valence-corrected chi connectivity index (χ1v) is 13.8. The van der Waals surface area contributed by atoms with E-state index in [0.717, 1.165) is 72.7 Å². The molecule has 5 aromatic rings. The zero-order chi connectivity index (χ0) is 26.8. The van der Waals surface area contributed by atoms with E-state index in [2.05, 4.69) is 112 Å². The SMILES string of the molecule is Cc1ncc(Cn2cc(C(=O)N3CCN(C)CC3)c(-c3cccc4ccccc34)c2)n1CCc1ccccc1. The number of nitrogens with zero attached hydrogens (tertiary/aromatic N) is 5. The smallest absolute Gasteiger partial charge is 0.256 e. The van der Waals surface area contributed by atoms with Crippen LogP contribution in [-0.2, 0) is 19.5 Å². The Morgan fingerprint density at radius 2 is 1.59 bits per heavy atom.